The molecule has 0 spiro atoms. The van der Waals surface area contributed by atoms with Gasteiger partial charge in [-0.05, 0) is 37.0 Å². The summed E-state index contributed by atoms with van der Waals surface area (Å²) in [6.45, 7) is 1.71. The fourth-order valence-electron chi connectivity index (χ4n) is 3.48. The first-order valence-electron chi connectivity index (χ1n) is 8.24. The first kappa shape index (κ1) is 16.4. The van der Waals surface area contributed by atoms with Gasteiger partial charge < -0.3 is 9.63 Å². The molecule has 4 rings (SSSR count). The fourth-order valence-corrected chi connectivity index (χ4v) is 5.30. The van der Waals surface area contributed by atoms with Crippen LogP contribution in [-0.2, 0) is 16.4 Å². The molecule has 1 aromatic carbocycles. The van der Waals surface area contributed by atoms with Crippen molar-refractivity contribution in [2.45, 2.75) is 38.3 Å². The second-order valence-electron chi connectivity index (χ2n) is 6.47. The molecule has 1 aromatic heterocycles. The molecule has 1 saturated heterocycles. The SMILES string of the molecule is Cc1noc([C@H]2C[C@H](O)CN2S(=O)(=O)C2=Cc3ccccc3CC2)n1. The zero-order valence-corrected chi connectivity index (χ0v) is 14.6. The van der Waals surface area contributed by atoms with E-state index in [1.54, 1.807) is 13.0 Å². The Hall–Kier alpha value is -2.03. The molecule has 132 valence electrons. The van der Waals surface area contributed by atoms with Gasteiger partial charge in [-0.1, -0.05) is 29.4 Å². The maximum Gasteiger partial charge on any atom is 0.245 e. The van der Waals surface area contributed by atoms with Crippen molar-refractivity contribution in [2.24, 2.45) is 0 Å². The topological polar surface area (TPSA) is 96.5 Å². The highest BCUT2D eigenvalue weighted by Gasteiger charge is 2.44. The molecule has 0 amide bonds. The van der Waals surface area contributed by atoms with E-state index in [-0.39, 0.29) is 18.9 Å². The lowest BCUT2D eigenvalue weighted by molar-refractivity contribution is 0.188. The number of nitrogens with zero attached hydrogens (tertiary/aromatic N) is 3. The van der Waals surface area contributed by atoms with Gasteiger partial charge in [0.25, 0.3) is 0 Å². The first-order valence-corrected chi connectivity index (χ1v) is 9.68. The standard InChI is InChI=1S/C17H19N3O4S/c1-11-18-17(24-19-11)16-9-14(21)10-20(16)25(22,23)15-7-6-12-4-2-3-5-13(12)8-15/h2-5,8,14,16,21H,6-7,9-10H2,1H3/t14-,16+/m0/s1. The number of allylic oxidation sites excluding steroid dienone is 1. The van der Waals surface area contributed by atoms with Gasteiger partial charge >= 0.3 is 0 Å². The van der Waals surface area contributed by atoms with Crippen molar-refractivity contribution in [1.29, 1.82) is 0 Å². The van der Waals surface area contributed by atoms with Crippen LogP contribution in [0.5, 0.6) is 0 Å². The zero-order valence-electron chi connectivity index (χ0n) is 13.8. The van der Waals surface area contributed by atoms with Gasteiger partial charge in [0.15, 0.2) is 5.82 Å². The highest BCUT2D eigenvalue weighted by Crippen LogP contribution is 2.38. The molecule has 2 aliphatic rings. The van der Waals surface area contributed by atoms with E-state index in [4.69, 9.17) is 4.52 Å². The predicted molar refractivity (Wildman–Crippen MR) is 90.8 cm³/mol. The second-order valence-corrected chi connectivity index (χ2v) is 8.41. The summed E-state index contributed by atoms with van der Waals surface area (Å²) in [5.41, 5.74) is 2.07. The number of sulfonamides is 1. The highest BCUT2D eigenvalue weighted by molar-refractivity contribution is 7.93. The van der Waals surface area contributed by atoms with Crippen molar-refractivity contribution in [3.63, 3.8) is 0 Å². The monoisotopic (exact) mass is 361 g/mol. The largest absolute Gasteiger partial charge is 0.392 e. The molecule has 1 fully saturated rings. The summed E-state index contributed by atoms with van der Waals surface area (Å²) < 4.78 is 32.8. The zero-order chi connectivity index (χ0) is 17.6. The Bertz CT molecular complexity index is 935. The van der Waals surface area contributed by atoms with Gasteiger partial charge in [0.1, 0.15) is 6.04 Å². The summed E-state index contributed by atoms with van der Waals surface area (Å²) in [5.74, 6) is 0.675. The van der Waals surface area contributed by atoms with Crippen LogP contribution in [0.2, 0.25) is 0 Å². The summed E-state index contributed by atoms with van der Waals surface area (Å²) in [7, 11) is -3.72. The second kappa shape index (κ2) is 6.05. The Labute approximate surface area is 146 Å². The Morgan fingerprint density at radius 3 is 2.84 bits per heavy atom. The van der Waals surface area contributed by atoms with Crippen molar-refractivity contribution in [3.05, 3.63) is 52.0 Å². The summed E-state index contributed by atoms with van der Waals surface area (Å²) in [5, 5.41) is 13.8. The number of benzene rings is 1. The van der Waals surface area contributed by atoms with Crippen LogP contribution < -0.4 is 0 Å². The van der Waals surface area contributed by atoms with Crippen molar-refractivity contribution in [2.75, 3.05) is 6.54 Å². The lowest BCUT2D eigenvalue weighted by Gasteiger charge is -2.25. The molecule has 2 aromatic rings. The van der Waals surface area contributed by atoms with Crippen LogP contribution in [0.25, 0.3) is 6.08 Å². The molecule has 2 heterocycles. The summed E-state index contributed by atoms with van der Waals surface area (Å²) in [6.07, 6.45) is 2.37. The van der Waals surface area contributed by atoms with Crippen molar-refractivity contribution in [3.8, 4) is 0 Å². The normalized spacial score (nSPS) is 24.2. The number of fused-ring (bicyclic) bond motifs is 1. The highest BCUT2D eigenvalue weighted by atomic mass is 32.2. The van der Waals surface area contributed by atoms with Gasteiger partial charge in [-0.2, -0.15) is 9.29 Å². The average Bonchev–Trinajstić information content (AvgIpc) is 3.20. The minimum Gasteiger partial charge on any atom is -0.392 e. The summed E-state index contributed by atoms with van der Waals surface area (Å²) in [6, 6.07) is 7.16. The quantitative estimate of drug-likeness (QED) is 0.895. The Morgan fingerprint density at radius 1 is 1.28 bits per heavy atom. The van der Waals surface area contributed by atoms with Crippen molar-refractivity contribution in [1.82, 2.24) is 14.4 Å². The summed E-state index contributed by atoms with van der Waals surface area (Å²) >= 11 is 0. The van der Waals surface area contributed by atoms with Crippen LogP contribution in [-0.4, -0.2) is 40.6 Å². The van der Waals surface area contributed by atoms with Crippen LogP contribution in [0, 0.1) is 6.92 Å². The summed E-state index contributed by atoms with van der Waals surface area (Å²) in [4.78, 5) is 4.52. The molecule has 8 heteroatoms. The average molecular weight is 361 g/mol. The molecule has 7 nitrogen and oxygen atoms in total. The smallest absolute Gasteiger partial charge is 0.245 e. The maximum absolute atomic E-state index is 13.2. The number of hydrogen-bond donors (Lipinski definition) is 1. The van der Waals surface area contributed by atoms with E-state index in [9.17, 15) is 13.5 Å². The number of hydrogen-bond acceptors (Lipinski definition) is 6. The number of aromatic nitrogens is 2. The number of aliphatic hydroxyl groups is 1. The number of aryl methyl sites for hydroxylation is 2. The van der Waals surface area contributed by atoms with Crippen LogP contribution in [0.1, 0.15) is 41.7 Å². The van der Waals surface area contributed by atoms with E-state index in [1.807, 2.05) is 24.3 Å². The third-order valence-corrected chi connectivity index (χ3v) is 6.72. The van der Waals surface area contributed by atoms with Crippen LogP contribution in [0.15, 0.2) is 33.7 Å². The van der Waals surface area contributed by atoms with E-state index in [1.165, 1.54) is 4.31 Å². The molecule has 0 unspecified atom stereocenters. The van der Waals surface area contributed by atoms with E-state index in [0.717, 1.165) is 11.1 Å². The third-order valence-electron chi connectivity index (χ3n) is 4.71. The van der Waals surface area contributed by atoms with E-state index >= 15 is 0 Å². The fraction of sp³-hybridized carbons (Fsp3) is 0.412. The van der Waals surface area contributed by atoms with Gasteiger partial charge in [-0.3, -0.25) is 0 Å². The minimum atomic E-state index is -3.72. The molecular formula is C17H19N3O4S. The molecular weight excluding hydrogens is 342 g/mol. The lowest BCUT2D eigenvalue weighted by Crippen LogP contribution is -2.33. The first-order chi connectivity index (χ1) is 11.9. The Kier molecular flexibility index (Phi) is 3.98. The molecule has 1 N–H and O–H groups in total. The Balaban J connectivity index is 1.71. The molecule has 0 saturated carbocycles. The van der Waals surface area contributed by atoms with Gasteiger partial charge in [-0.15, -0.1) is 0 Å². The number of aliphatic hydroxyl groups excluding tert-OH is 1. The molecule has 1 aliphatic carbocycles. The minimum absolute atomic E-state index is 0.0351. The predicted octanol–water partition coefficient (Wildman–Crippen LogP) is 1.80. The van der Waals surface area contributed by atoms with Gasteiger partial charge in [0.2, 0.25) is 15.9 Å². The number of rotatable bonds is 3. The van der Waals surface area contributed by atoms with Gasteiger partial charge in [-0.25, -0.2) is 8.42 Å². The van der Waals surface area contributed by atoms with Gasteiger partial charge in [0.05, 0.1) is 11.0 Å². The maximum atomic E-state index is 13.2. The van der Waals surface area contributed by atoms with E-state index in [2.05, 4.69) is 10.1 Å². The van der Waals surface area contributed by atoms with E-state index < -0.39 is 22.2 Å². The molecule has 2 atom stereocenters. The third kappa shape index (κ3) is 2.90. The molecule has 25 heavy (non-hydrogen) atoms. The molecule has 0 bridgehead atoms. The lowest BCUT2D eigenvalue weighted by atomic mass is 9.98. The Morgan fingerprint density at radius 2 is 2.08 bits per heavy atom. The number of β-amino-alcohol motifs (C(OH)–C–C–N with tert-alkyl or cyclic N) is 1. The van der Waals surface area contributed by atoms with Crippen LogP contribution in [0.4, 0.5) is 0 Å². The van der Waals surface area contributed by atoms with Crippen LogP contribution in [0.3, 0.4) is 0 Å². The molecule has 1 aliphatic heterocycles. The van der Waals surface area contributed by atoms with Crippen LogP contribution >= 0.6 is 0 Å². The van der Waals surface area contributed by atoms with Crippen molar-refractivity contribution < 1.29 is 18.0 Å². The van der Waals surface area contributed by atoms with E-state index in [0.29, 0.717) is 23.6 Å². The van der Waals surface area contributed by atoms with Crippen molar-refractivity contribution >= 4 is 16.1 Å². The van der Waals surface area contributed by atoms with Gasteiger partial charge in [0, 0.05) is 13.0 Å². The molecule has 0 radical (unpaired) electrons.